The monoisotopic (exact) mass is 410 g/mol. The lowest BCUT2D eigenvalue weighted by molar-refractivity contribution is 0.0523. The van der Waals surface area contributed by atoms with Crippen LogP contribution >= 0.6 is 0 Å². The lowest BCUT2D eigenvalue weighted by atomic mass is 10.1. The van der Waals surface area contributed by atoms with Crippen molar-refractivity contribution in [3.63, 3.8) is 0 Å². The number of benzene rings is 2. The van der Waals surface area contributed by atoms with Gasteiger partial charge in [-0.1, -0.05) is 36.9 Å². The first-order valence-electron chi connectivity index (χ1n) is 9.82. The Bertz CT molecular complexity index is 852. The van der Waals surface area contributed by atoms with Crippen LogP contribution in [0.1, 0.15) is 42.3 Å². The summed E-state index contributed by atoms with van der Waals surface area (Å²) >= 11 is 0. The number of hydrogen-bond donors (Lipinski definition) is 1. The highest BCUT2D eigenvalue weighted by atomic mass is 16.6. The molecule has 0 spiro atoms. The van der Waals surface area contributed by atoms with Gasteiger partial charge in [-0.05, 0) is 56.2 Å². The zero-order valence-corrected chi connectivity index (χ0v) is 18.1. The van der Waals surface area contributed by atoms with Gasteiger partial charge in [-0.15, -0.1) is 0 Å². The van der Waals surface area contributed by atoms with Crippen molar-refractivity contribution in [2.75, 3.05) is 13.7 Å². The minimum absolute atomic E-state index is 0.0753. The number of amides is 2. The van der Waals surface area contributed by atoms with Gasteiger partial charge in [0.1, 0.15) is 18.0 Å². The molecule has 2 amide bonds. The van der Waals surface area contributed by atoms with Crippen LogP contribution in [-0.2, 0) is 17.8 Å². The molecule has 0 bridgehead atoms. The van der Waals surface area contributed by atoms with Gasteiger partial charge in [0.05, 0.1) is 0 Å². The zero-order valence-electron chi connectivity index (χ0n) is 18.1. The number of nitrogens with zero attached hydrogens (tertiary/aromatic N) is 1. The fourth-order valence-corrected chi connectivity index (χ4v) is 2.67. The van der Waals surface area contributed by atoms with E-state index >= 15 is 0 Å². The van der Waals surface area contributed by atoms with Crippen molar-refractivity contribution < 1.29 is 19.1 Å². The Hall–Kier alpha value is -3.28. The third kappa shape index (κ3) is 7.62. The maximum atomic E-state index is 12.7. The van der Waals surface area contributed by atoms with Crippen LogP contribution in [-0.4, -0.2) is 36.2 Å². The third-order valence-electron chi connectivity index (χ3n) is 4.09. The van der Waals surface area contributed by atoms with E-state index in [1.165, 1.54) is 0 Å². The van der Waals surface area contributed by atoms with Crippen LogP contribution in [0.25, 0.3) is 0 Å². The van der Waals surface area contributed by atoms with Gasteiger partial charge >= 0.3 is 6.09 Å². The van der Waals surface area contributed by atoms with Gasteiger partial charge in [0.15, 0.2) is 0 Å². The van der Waals surface area contributed by atoms with E-state index in [1.54, 1.807) is 30.2 Å². The van der Waals surface area contributed by atoms with Crippen molar-refractivity contribution >= 4 is 12.0 Å². The molecular formula is C24H30N2O4. The van der Waals surface area contributed by atoms with Gasteiger partial charge < -0.3 is 19.7 Å². The Morgan fingerprint density at radius 2 is 1.63 bits per heavy atom. The van der Waals surface area contributed by atoms with E-state index < -0.39 is 11.7 Å². The Morgan fingerprint density at radius 3 is 2.20 bits per heavy atom. The molecule has 30 heavy (non-hydrogen) atoms. The summed E-state index contributed by atoms with van der Waals surface area (Å²) in [5, 5.41) is 2.70. The van der Waals surface area contributed by atoms with Crippen molar-refractivity contribution in [2.24, 2.45) is 0 Å². The summed E-state index contributed by atoms with van der Waals surface area (Å²) in [6.07, 6.45) is 1.22. The average molecular weight is 411 g/mol. The molecule has 0 aliphatic carbocycles. The highest BCUT2D eigenvalue weighted by Crippen LogP contribution is 2.15. The first kappa shape index (κ1) is 23.0. The van der Waals surface area contributed by atoms with Gasteiger partial charge in [0.25, 0.3) is 5.91 Å². The van der Waals surface area contributed by atoms with Gasteiger partial charge in [-0.3, -0.25) is 4.79 Å². The molecule has 0 heterocycles. The highest BCUT2D eigenvalue weighted by molar-refractivity contribution is 5.94. The second-order valence-electron chi connectivity index (χ2n) is 7.96. The molecule has 0 aromatic heterocycles. The van der Waals surface area contributed by atoms with E-state index in [2.05, 4.69) is 11.9 Å². The second-order valence-corrected chi connectivity index (χ2v) is 7.96. The minimum atomic E-state index is -0.538. The molecule has 6 heteroatoms. The summed E-state index contributed by atoms with van der Waals surface area (Å²) in [5.41, 5.74) is 1.94. The van der Waals surface area contributed by atoms with E-state index in [4.69, 9.17) is 9.47 Å². The van der Waals surface area contributed by atoms with Crippen LogP contribution in [0.15, 0.2) is 61.2 Å². The molecule has 1 N–H and O–H groups in total. The highest BCUT2D eigenvalue weighted by Gasteiger charge is 2.16. The molecular weight excluding hydrogens is 380 g/mol. The Balaban J connectivity index is 1.88. The molecule has 2 aromatic carbocycles. The zero-order chi connectivity index (χ0) is 22.1. The molecule has 0 aliphatic rings. The quantitative estimate of drug-likeness (QED) is 0.649. The average Bonchev–Trinajstić information content (AvgIpc) is 2.70. The van der Waals surface area contributed by atoms with Crippen molar-refractivity contribution in [3.8, 4) is 5.75 Å². The number of alkyl carbamates (subject to hydrolysis) is 1. The summed E-state index contributed by atoms with van der Waals surface area (Å²) in [4.78, 5) is 26.1. The number of ether oxygens (including phenoxy) is 2. The lowest BCUT2D eigenvalue weighted by Crippen LogP contribution is -2.32. The predicted molar refractivity (Wildman–Crippen MR) is 117 cm³/mol. The molecule has 6 nitrogen and oxygen atoms in total. The van der Waals surface area contributed by atoms with Crippen molar-refractivity contribution in [1.82, 2.24) is 10.2 Å². The first-order valence-corrected chi connectivity index (χ1v) is 9.82. The van der Waals surface area contributed by atoms with Crippen molar-refractivity contribution in [3.05, 3.63) is 77.9 Å². The SMILES string of the molecule is C=CCOc1ccc(CN(C)C(=O)c2ccc(CNC(=O)OC(C)(C)C)cc2)cc1. The topological polar surface area (TPSA) is 67.9 Å². The van der Waals surface area contributed by atoms with E-state index in [9.17, 15) is 9.59 Å². The molecule has 0 atom stereocenters. The van der Waals surface area contributed by atoms with Crippen LogP contribution < -0.4 is 10.1 Å². The van der Waals surface area contributed by atoms with Crippen LogP contribution in [0, 0.1) is 0 Å². The molecule has 2 aromatic rings. The number of carbonyl (C=O) groups is 2. The van der Waals surface area contributed by atoms with Crippen molar-refractivity contribution in [1.29, 1.82) is 0 Å². The summed E-state index contributed by atoms with van der Waals surface area (Å²) in [6, 6.07) is 14.8. The van der Waals surface area contributed by atoms with Gasteiger partial charge in [0, 0.05) is 25.7 Å². The van der Waals surface area contributed by atoms with Gasteiger partial charge in [-0.2, -0.15) is 0 Å². The number of nitrogens with one attached hydrogen (secondary N) is 1. The third-order valence-corrected chi connectivity index (χ3v) is 4.09. The Labute approximate surface area is 178 Å². The molecule has 0 radical (unpaired) electrons. The normalized spacial score (nSPS) is 10.8. The Kier molecular flexibility index (Phi) is 8.04. The molecule has 0 saturated carbocycles. The first-order chi connectivity index (χ1) is 14.2. The minimum Gasteiger partial charge on any atom is -0.490 e. The second kappa shape index (κ2) is 10.5. The summed E-state index contributed by atoms with van der Waals surface area (Å²) in [6.45, 7) is 10.3. The smallest absolute Gasteiger partial charge is 0.407 e. The van der Waals surface area contributed by atoms with Crippen LogP contribution in [0.2, 0.25) is 0 Å². The van der Waals surface area contributed by atoms with Crippen LogP contribution in [0.5, 0.6) is 5.75 Å². The molecule has 2 rings (SSSR count). The maximum Gasteiger partial charge on any atom is 0.407 e. The summed E-state index contributed by atoms with van der Waals surface area (Å²) in [5.74, 6) is 0.692. The van der Waals surface area contributed by atoms with E-state index in [-0.39, 0.29) is 5.91 Å². The Morgan fingerprint density at radius 1 is 1.03 bits per heavy atom. The molecule has 0 fully saturated rings. The van der Waals surface area contributed by atoms with Crippen LogP contribution in [0.4, 0.5) is 4.79 Å². The maximum absolute atomic E-state index is 12.7. The fraction of sp³-hybridized carbons (Fsp3) is 0.333. The number of hydrogen-bond acceptors (Lipinski definition) is 4. The number of carbonyl (C=O) groups excluding carboxylic acids is 2. The predicted octanol–water partition coefficient (Wildman–Crippen LogP) is 4.55. The molecule has 160 valence electrons. The summed E-state index contributed by atoms with van der Waals surface area (Å²) in [7, 11) is 1.77. The van der Waals surface area contributed by atoms with E-state index in [1.807, 2.05) is 57.2 Å². The molecule has 0 saturated heterocycles. The van der Waals surface area contributed by atoms with Crippen molar-refractivity contribution in [2.45, 2.75) is 39.5 Å². The van der Waals surface area contributed by atoms with Gasteiger partial charge in [0.2, 0.25) is 0 Å². The number of rotatable bonds is 8. The lowest BCUT2D eigenvalue weighted by Gasteiger charge is -2.20. The van der Waals surface area contributed by atoms with E-state index in [0.29, 0.717) is 25.3 Å². The van der Waals surface area contributed by atoms with Crippen LogP contribution in [0.3, 0.4) is 0 Å². The molecule has 0 unspecified atom stereocenters. The fourth-order valence-electron chi connectivity index (χ4n) is 2.67. The van der Waals surface area contributed by atoms with E-state index in [0.717, 1.165) is 16.9 Å². The summed E-state index contributed by atoms with van der Waals surface area (Å²) < 4.78 is 10.7. The standard InChI is InChI=1S/C24H30N2O4/c1-6-15-29-21-13-9-19(10-14-21)17-26(5)22(27)20-11-7-18(8-12-20)16-25-23(28)30-24(2,3)4/h6-14H,1,15-17H2,2-5H3,(H,25,28). The molecule has 0 aliphatic heterocycles. The van der Waals surface area contributed by atoms with Gasteiger partial charge in [-0.25, -0.2) is 4.79 Å². The largest absolute Gasteiger partial charge is 0.490 e.